The Morgan fingerprint density at radius 1 is 1.35 bits per heavy atom. The van der Waals surface area contributed by atoms with Crippen LogP contribution < -0.4 is 5.73 Å². The normalized spacial score (nSPS) is 12.6. The molecule has 0 aromatic heterocycles. The van der Waals surface area contributed by atoms with Gasteiger partial charge in [-0.15, -0.1) is 0 Å². The van der Waals surface area contributed by atoms with Gasteiger partial charge in [0.25, 0.3) is 0 Å². The fourth-order valence-corrected chi connectivity index (χ4v) is 2.57. The molecule has 1 unspecified atom stereocenters. The smallest absolute Gasteiger partial charge is 0.0620 e. The minimum Gasteiger partial charge on any atom is -0.398 e. The number of hydrogen-bond acceptors (Lipinski definition) is 3. The Bertz CT molecular complexity index is 380. The van der Waals surface area contributed by atoms with Crippen LogP contribution in [0.4, 0.5) is 5.69 Å². The summed E-state index contributed by atoms with van der Waals surface area (Å²) in [4.78, 5) is 0.726. The van der Waals surface area contributed by atoms with Gasteiger partial charge in [0, 0.05) is 12.3 Å². The largest absolute Gasteiger partial charge is 0.398 e. The van der Waals surface area contributed by atoms with E-state index in [9.17, 15) is 4.21 Å². The van der Waals surface area contributed by atoms with Crippen molar-refractivity contribution in [2.75, 3.05) is 24.7 Å². The monoisotopic (exact) mass is 255 g/mol. The van der Waals surface area contributed by atoms with Gasteiger partial charge in [0.05, 0.1) is 28.1 Å². The second kappa shape index (κ2) is 7.45. The minimum atomic E-state index is -1.06. The van der Waals surface area contributed by atoms with Crippen LogP contribution in [-0.4, -0.2) is 23.2 Å². The van der Waals surface area contributed by atoms with E-state index in [2.05, 4.69) is 6.92 Å². The average Bonchev–Trinajstić information content (AvgIpc) is 2.32. The maximum Gasteiger partial charge on any atom is 0.0620 e. The van der Waals surface area contributed by atoms with Crippen molar-refractivity contribution in [1.82, 2.24) is 0 Å². The van der Waals surface area contributed by atoms with Gasteiger partial charge in [0.15, 0.2) is 0 Å². The topological polar surface area (TPSA) is 52.3 Å². The van der Waals surface area contributed by atoms with Crippen LogP contribution in [0.15, 0.2) is 23.1 Å². The Morgan fingerprint density at radius 2 is 2.12 bits per heavy atom. The van der Waals surface area contributed by atoms with Crippen LogP contribution in [-0.2, 0) is 15.5 Å². The van der Waals surface area contributed by atoms with Gasteiger partial charge in [-0.05, 0) is 31.0 Å². The Hall–Kier alpha value is -0.870. The molecule has 0 radical (unpaired) electrons. The first-order valence-electron chi connectivity index (χ1n) is 5.97. The van der Waals surface area contributed by atoms with E-state index in [0.29, 0.717) is 18.0 Å². The highest BCUT2D eigenvalue weighted by atomic mass is 32.2. The summed E-state index contributed by atoms with van der Waals surface area (Å²) in [5.74, 6) is 0.511. The number of nitrogen functional groups attached to an aromatic ring is 1. The highest BCUT2D eigenvalue weighted by Gasteiger charge is 2.07. The van der Waals surface area contributed by atoms with Crippen molar-refractivity contribution in [1.29, 1.82) is 0 Å². The number of aryl methyl sites for hydroxylation is 1. The molecule has 0 saturated heterocycles. The lowest BCUT2D eigenvalue weighted by molar-refractivity contribution is 0.146. The van der Waals surface area contributed by atoms with Crippen LogP contribution in [0.25, 0.3) is 0 Å². The van der Waals surface area contributed by atoms with E-state index in [0.717, 1.165) is 29.9 Å². The number of hydrogen-bond donors (Lipinski definition) is 1. The summed E-state index contributed by atoms with van der Waals surface area (Å²) in [6, 6.07) is 5.62. The van der Waals surface area contributed by atoms with Crippen molar-refractivity contribution in [2.24, 2.45) is 0 Å². The molecule has 0 amide bonds. The molecule has 17 heavy (non-hydrogen) atoms. The predicted octanol–water partition coefficient (Wildman–Crippen LogP) is 2.50. The Morgan fingerprint density at radius 3 is 2.82 bits per heavy atom. The van der Waals surface area contributed by atoms with Gasteiger partial charge in [-0.2, -0.15) is 0 Å². The molecule has 0 spiro atoms. The first kappa shape index (κ1) is 14.2. The zero-order valence-corrected chi connectivity index (χ0v) is 11.4. The summed E-state index contributed by atoms with van der Waals surface area (Å²) in [5, 5.41) is 0. The van der Waals surface area contributed by atoms with Gasteiger partial charge in [0.1, 0.15) is 0 Å². The van der Waals surface area contributed by atoms with Crippen molar-refractivity contribution < 1.29 is 8.95 Å². The Balaban J connectivity index is 2.44. The zero-order valence-electron chi connectivity index (χ0n) is 10.6. The molecule has 0 heterocycles. The van der Waals surface area contributed by atoms with Gasteiger partial charge in [-0.25, -0.2) is 0 Å². The molecule has 3 nitrogen and oxygen atoms in total. The maximum atomic E-state index is 12.0. The number of rotatable bonds is 7. The highest BCUT2D eigenvalue weighted by Crippen LogP contribution is 2.18. The Kier molecular flexibility index (Phi) is 6.22. The van der Waals surface area contributed by atoms with Crippen molar-refractivity contribution in [3.8, 4) is 0 Å². The van der Waals surface area contributed by atoms with Gasteiger partial charge in [0.2, 0.25) is 0 Å². The summed E-state index contributed by atoms with van der Waals surface area (Å²) in [6.07, 6.45) is 2.17. The third-order valence-electron chi connectivity index (χ3n) is 2.47. The first-order valence-corrected chi connectivity index (χ1v) is 7.29. The average molecular weight is 255 g/mol. The van der Waals surface area contributed by atoms with Crippen molar-refractivity contribution in [3.63, 3.8) is 0 Å². The molecule has 4 heteroatoms. The molecule has 1 rings (SSSR count). The van der Waals surface area contributed by atoms with Gasteiger partial charge >= 0.3 is 0 Å². The van der Waals surface area contributed by atoms with Crippen molar-refractivity contribution in [2.45, 2.75) is 31.6 Å². The molecular weight excluding hydrogens is 234 g/mol. The van der Waals surface area contributed by atoms with Crippen LogP contribution in [0.1, 0.15) is 25.3 Å². The lowest BCUT2D eigenvalue weighted by atomic mass is 10.2. The molecule has 96 valence electrons. The van der Waals surface area contributed by atoms with Crippen molar-refractivity contribution >= 4 is 16.5 Å². The number of benzene rings is 1. The lowest BCUT2D eigenvalue weighted by Crippen LogP contribution is -2.09. The van der Waals surface area contributed by atoms with Gasteiger partial charge < -0.3 is 10.5 Å². The third-order valence-corrected chi connectivity index (χ3v) is 3.85. The van der Waals surface area contributed by atoms with E-state index < -0.39 is 10.8 Å². The van der Waals surface area contributed by atoms with Crippen LogP contribution >= 0.6 is 0 Å². The van der Waals surface area contributed by atoms with Crippen LogP contribution in [0, 0.1) is 6.92 Å². The van der Waals surface area contributed by atoms with Gasteiger partial charge in [-0.3, -0.25) is 4.21 Å². The van der Waals surface area contributed by atoms with E-state index >= 15 is 0 Å². The molecule has 0 fully saturated rings. The minimum absolute atomic E-state index is 0.511. The molecule has 0 bridgehead atoms. The Labute approximate surface area is 106 Å². The molecular formula is C13H21NO2S. The van der Waals surface area contributed by atoms with Gasteiger partial charge in [-0.1, -0.05) is 19.4 Å². The predicted molar refractivity (Wildman–Crippen MR) is 72.6 cm³/mol. The fourth-order valence-electron chi connectivity index (χ4n) is 1.43. The number of anilines is 1. The fraction of sp³-hybridized carbons (Fsp3) is 0.538. The van der Waals surface area contributed by atoms with Crippen LogP contribution in [0.2, 0.25) is 0 Å². The molecule has 1 atom stereocenters. The summed E-state index contributed by atoms with van der Waals surface area (Å²) in [7, 11) is -1.06. The lowest BCUT2D eigenvalue weighted by Gasteiger charge is -2.07. The standard InChI is InChI=1S/C13H21NO2S/c1-3-4-7-16-8-9-17(15)13-10-11(2)5-6-12(13)14/h5-6,10H,3-4,7-9,14H2,1-2H3. The molecule has 0 aliphatic carbocycles. The number of unbranched alkanes of at least 4 members (excludes halogenated alkanes) is 1. The highest BCUT2D eigenvalue weighted by molar-refractivity contribution is 7.85. The SMILES string of the molecule is CCCCOCCS(=O)c1cc(C)ccc1N. The molecule has 0 saturated carbocycles. The summed E-state index contributed by atoms with van der Waals surface area (Å²) >= 11 is 0. The van der Waals surface area contributed by atoms with E-state index in [1.165, 1.54) is 0 Å². The molecule has 0 aliphatic heterocycles. The number of ether oxygens (including phenoxy) is 1. The summed E-state index contributed by atoms with van der Waals surface area (Å²) in [5.41, 5.74) is 7.49. The number of nitrogens with two attached hydrogens (primary N) is 1. The molecule has 0 aliphatic rings. The van der Waals surface area contributed by atoms with E-state index in [4.69, 9.17) is 10.5 Å². The maximum absolute atomic E-state index is 12.0. The second-order valence-electron chi connectivity index (χ2n) is 4.06. The first-order chi connectivity index (χ1) is 8.15. The summed E-state index contributed by atoms with van der Waals surface area (Å²) < 4.78 is 17.4. The zero-order chi connectivity index (χ0) is 12.7. The quantitative estimate of drug-likeness (QED) is 0.601. The van der Waals surface area contributed by atoms with E-state index in [1.807, 2.05) is 19.1 Å². The van der Waals surface area contributed by atoms with E-state index in [1.54, 1.807) is 6.07 Å². The van der Waals surface area contributed by atoms with Crippen LogP contribution in [0.3, 0.4) is 0 Å². The van der Waals surface area contributed by atoms with E-state index in [-0.39, 0.29) is 0 Å². The molecule has 1 aromatic rings. The van der Waals surface area contributed by atoms with Crippen molar-refractivity contribution in [3.05, 3.63) is 23.8 Å². The molecule has 1 aromatic carbocycles. The van der Waals surface area contributed by atoms with Crippen LogP contribution in [0.5, 0.6) is 0 Å². The summed E-state index contributed by atoms with van der Waals surface area (Å²) in [6.45, 7) is 5.36. The molecule has 2 N–H and O–H groups in total. The third kappa shape index (κ3) is 4.88. The second-order valence-corrected chi connectivity index (χ2v) is 5.60.